The van der Waals surface area contributed by atoms with Crippen LogP contribution in [0.5, 0.6) is 5.88 Å². The zero-order valence-corrected chi connectivity index (χ0v) is 19.4. The summed E-state index contributed by atoms with van der Waals surface area (Å²) in [5.41, 5.74) is 6.20. The maximum absolute atomic E-state index is 13.3. The summed E-state index contributed by atoms with van der Waals surface area (Å²) in [4.78, 5) is 19.0. The molecule has 0 saturated carbocycles. The van der Waals surface area contributed by atoms with Gasteiger partial charge in [-0.15, -0.1) is 0 Å². The number of amides is 1. The minimum Gasteiger partial charge on any atom is -0.478 e. The van der Waals surface area contributed by atoms with Crippen molar-refractivity contribution in [1.82, 2.24) is 20.1 Å². The van der Waals surface area contributed by atoms with Crippen LogP contribution in [-0.2, 0) is 5.54 Å². The molecular formula is C24H30FN7O2. The van der Waals surface area contributed by atoms with E-state index in [0.29, 0.717) is 30.5 Å². The molecule has 180 valence electrons. The lowest BCUT2D eigenvalue weighted by Gasteiger charge is -2.42. The molecule has 0 bridgehead atoms. The minimum atomic E-state index is -0.579. The second-order valence-electron chi connectivity index (χ2n) is 8.34. The van der Waals surface area contributed by atoms with E-state index in [4.69, 9.17) is 15.6 Å². The summed E-state index contributed by atoms with van der Waals surface area (Å²) >= 11 is 0. The molecule has 1 fully saturated rings. The third-order valence-corrected chi connectivity index (χ3v) is 6.10. The maximum atomic E-state index is 13.3. The van der Waals surface area contributed by atoms with E-state index in [1.54, 1.807) is 18.3 Å². The first-order chi connectivity index (χ1) is 16.4. The average molecular weight is 468 g/mol. The number of pyridine rings is 1. The fourth-order valence-corrected chi connectivity index (χ4v) is 4.34. The smallest absolute Gasteiger partial charge is 0.254 e. The van der Waals surface area contributed by atoms with E-state index in [9.17, 15) is 9.18 Å². The number of hydrogen-bond donors (Lipinski definition) is 3. The van der Waals surface area contributed by atoms with Crippen LogP contribution in [0.1, 0.15) is 30.1 Å². The van der Waals surface area contributed by atoms with Crippen molar-refractivity contribution in [3.63, 3.8) is 0 Å². The molecule has 4 rings (SSSR count). The van der Waals surface area contributed by atoms with Gasteiger partial charge in [-0.1, -0.05) is 6.07 Å². The first-order valence-corrected chi connectivity index (χ1v) is 11.4. The van der Waals surface area contributed by atoms with E-state index in [1.807, 2.05) is 36.9 Å². The highest BCUT2D eigenvalue weighted by Crippen LogP contribution is 2.33. The van der Waals surface area contributed by atoms with Crippen LogP contribution >= 0.6 is 0 Å². The number of ether oxygens (including phenoxy) is 1. The minimum absolute atomic E-state index is 0.285. The number of aromatic nitrogens is 3. The number of nitrogens with one attached hydrogen (secondary N) is 2. The SMILES string of the molecule is CCOc1cccc(N2CCC(CNC)(n3cc(C(N)=O)c(Nc4ccc(F)cc4)n3)CC2)n1. The molecule has 0 unspecified atom stereocenters. The van der Waals surface area contributed by atoms with E-state index in [0.717, 1.165) is 31.7 Å². The van der Waals surface area contributed by atoms with Crippen molar-refractivity contribution in [3.8, 4) is 5.88 Å². The number of carbonyl (C=O) groups is 1. The zero-order valence-electron chi connectivity index (χ0n) is 19.4. The molecule has 0 atom stereocenters. The summed E-state index contributed by atoms with van der Waals surface area (Å²) in [6.45, 7) is 4.69. The maximum Gasteiger partial charge on any atom is 0.254 e. The van der Waals surface area contributed by atoms with E-state index in [1.165, 1.54) is 12.1 Å². The molecule has 2 aromatic heterocycles. The molecule has 34 heavy (non-hydrogen) atoms. The number of carbonyl (C=O) groups excluding carboxylic acids is 1. The summed E-state index contributed by atoms with van der Waals surface area (Å²) < 4.78 is 20.7. The summed E-state index contributed by atoms with van der Waals surface area (Å²) in [6.07, 6.45) is 3.27. The van der Waals surface area contributed by atoms with Crippen LogP contribution in [0.25, 0.3) is 0 Å². The number of rotatable bonds is 9. The normalized spacial score (nSPS) is 15.2. The highest BCUT2D eigenvalue weighted by molar-refractivity contribution is 5.98. The predicted octanol–water partition coefficient (Wildman–Crippen LogP) is 2.87. The standard InChI is InChI=1S/C24H30FN7O2/c1-3-34-21-6-4-5-20(29-21)31-13-11-24(12-14-31,16-27-2)32-15-19(22(26)33)23(30-32)28-18-9-7-17(25)8-10-18/h4-10,15,27H,3,11-14,16H2,1-2H3,(H2,26,33)(H,28,30). The summed E-state index contributed by atoms with van der Waals surface area (Å²) in [5.74, 6) is 0.919. The van der Waals surface area contributed by atoms with E-state index in [2.05, 4.69) is 20.5 Å². The molecule has 1 aliphatic heterocycles. The number of likely N-dealkylation sites (N-methyl/N-ethyl adjacent to an activating group) is 1. The van der Waals surface area contributed by atoms with Crippen LogP contribution in [0.4, 0.5) is 21.7 Å². The number of nitrogens with two attached hydrogens (primary N) is 1. The predicted molar refractivity (Wildman–Crippen MR) is 129 cm³/mol. The lowest BCUT2D eigenvalue weighted by Crippen LogP contribution is -2.51. The third-order valence-electron chi connectivity index (χ3n) is 6.10. The Morgan fingerprint density at radius 3 is 2.59 bits per heavy atom. The van der Waals surface area contributed by atoms with Crippen molar-refractivity contribution in [2.24, 2.45) is 5.73 Å². The fourth-order valence-electron chi connectivity index (χ4n) is 4.34. The molecule has 0 spiro atoms. The van der Waals surface area contributed by atoms with Gasteiger partial charge in [-0.05, 0) is 57.1 Å². The number of anilines is 3. The van der Waals surface area contributed by atoms with Crippen LogP contribution in [0.15, 0.2) is 48.7 Å². The van der Waals surface area contributed by atoms with Crippen molar-refractivity contribution in [3.05, 3.63) is 60.0 Å². The Balaban J connectivity index is 1.58. The Hall–Kier alpha value is -3.66. The van der Waals surface area contributed by atoms with Crippen LogP contribution in [-0.4, -0.2) is 54.0 Å². The van der Waals surface area contributed by atoms with E-state index >= 15 is 0 Å². The zero-order chi connectivity index (χ0) is 24.1. The average Bonchev–Trinajstić information content (AvgIpc) is 3.26. The fraction of sp³-hybridized carbons (Fsp3) is 0.375. The van der Waals surface area contributed by atoms with Gasteiger partial charge in [0.05, 0.1) is 12.1 Å². The second-order valence-corrected chi connectivity index (χ2v) is 8.34. The van der Waals surface area contributed by atoms with Gasteiger partial charge < -0.3 is 26.0 Å². The van der Waals surface area contributed by atoms with Crippen molar-refractivity contribution >= 4 is 23.2 Å². The number of hydrogen-bond acceptors (Lipinski definition) is 7. The summed E-state index contributed by atoms with van der Waals surface area (Å²) in [6, 6.07) is 11.6. The molecule has 1 aliphatic rings. The molecule has 0 aliphatic carbocycles. The molecule has 3 heterocycles. The highest BCUT2D eigenvalue weighted by Gasteiger charge is 2.38. The van der Waals surface area contributed by atoms with Gasteiger partial charge in [0.15, 0.2) is 5.82 Å². The topological polar surface area (TPSA) is 110 Å². The van der Waals surface area contributed by atoms with Gasteiger partial charge in [-0.2, -0.15) is 10.1 Å². The molecular weight excluding hydrogens is 437 g/mol. The molecule has 1 amide bonds. The van der Waals surface area contributed by atoms with Gasteiger partial charge >= 0.3 is 0 Å². The van der Waals surface area contributed by atoms with Crippen LogP contribution in [0.2, 0.25) is 0 Å². The first-order valence-electron chi connectivity index (χ1n) is 11.4. The second kappa shape index (κ2) is 10.1. The van der Waals surface area contributed by atoms with Crippen molar-refractivity contribution < 1.29 is 13.9 Å². The van der Waals surface area contributed by atoms with Crippen LogP contribution in [0, 0.1) is 5.82 Å². The molecule has 9 nitrogen and oxygen atoms in total. The monoisotopic (exact) mass is 467 g/mol. The Kier molecular flexibility index (Phi) is 6.97. The van der Waals surface area contributed by atoms with Gasteiger partial charge in [0.1, 0.15) is 17.2 Å². The lowest BCUT2D eigenvalue weighted by molar-refractivity contribution is 0.100. The molecule has 0 radical (unpaired) electrons. The lowest BCUT2D eigenvalue weighted by atomic mass is 9.87. The molecule has 10 heteroatoms. The van der Waals surface area contributed by atoms with Crippen molar-refractivity contribution in [2.45, 2.75) is 25.3 Å². The number of primary amides is 1. The van der Waals surface area contributed by atoms with Gasteiger partial charge in [-0.25, -0.2) is 4.39 Å². The van der Waals surface area contributed by atoms with Gasteiger partial charge in [0, 0.05) is 37.6 Å². The highest BCUT2D eigenvalue weighted by atomic mass is 19.1. The van der Waals surface area contributed by atoms with Crippen LogP contribution in [0.3, 0.4) is 0 Å². The molecule has 1 aromatic carbocycles. The van der Waals surface area contributed by atoms with Crippen molar-refractivity contribution in [2.75, 3.05) is 43.5 Å². The quantitative estimate of drug-likeness (QED) is 0.444. The third kappa shape index (κ3) is 4.96. The van der Waals surface area contributed by atoms with Gasteiger partial charge in [0.25, 0.3) is 5.91 Å². The molecule has 4 N–H and O–H groups in total. The Morgan fingerprint density at radius 1 is 1.21 bits per heavy atom. The van der Waals surface area contributed by atoms with Gasteiger partial charge in [0.2, 0.25) is 5.88 Å². The van der Waals surface area contributed by atoms with E-state index < -0.39 is 5.91 Å². The van der Waals surface area contributed by atoms with Gasteiger partial charge in [-0.3, -0.25) is 9.48 Å². The van der Waals surface area contributed by atoms with E-state index in [-0.39, 0.29) is 16.9 Å². The number of piperidine rings is 1. The molecule has 1 saturated heterocycles. The van der Waals surface area contributed by atoms with Crippen LogP contribution < -0.4 is 26.0 Å². The summed E-state index contributed by atoms with van der Waals surface area (Å²) in [7, 11) is 1.90. The van der Waals surface area contributed by atoms with Crippen molar-refractivity contribution in [1.29, 1.82) is 0 Å². The Bertz CT molecular complexity index is 1120. The summed E-state index contributed by atoms with van der Waals surface area (Å²) in [5, 5.41) is 11.1. The Labute approximate surface area is 198 Å². The number of nitrogens with zero attached hydrogens (tertiary/aromatic N) is 4. The Morgan fingerprint density at radius 2 is 1.94 bits per heavy atom. The number of halogens is 1. The largest absolute Gasteiger partial charge is 0.478 e. The molecule has 3 aromatic rings. The number of benzene rings is 1. The first kappa shape index (κ1) is 23.5.